The molecule has 2 aromatic rings. The predicted octanol–water partition coefficient (Wildman–Crippen LogP) is 2.38. The van der Waals surface area contributed by atoms with E-state index in [2.05, 4.69) is 0 Å². The Morgan fingerprint density at radius 2 is 2.04 bits per heavy atom. The molecule has 7 heteroatoms. The van der Waals surface area contributed by atoms with Gasteiger partial charge in [-0.15, -0.1) is 0 Å². The molecule has 0 saturated carbocycles. The number of hydrogen-bond acceptors (Lipinski definition) is 5. The molecule has 3 rings (SSSR count). The van der Waals surface area contributed by atoms with Gasteiger partial charge in [0.15, 0.2) is 6.10 Å². The molecule has 0 saturated heterocycles. The van der Waals surface area contributed by atoms with Crippen molar-refractivity contribution >= 4 is 11.8 Å². The summed E-state index contributed by atoms with van der Waals surface area (Å²) in [6.45, 7) is 3.01. The maximum absolute atomic E-state index is 13.0. The van der Waals surface area contributed by atoms with Crippen molar-refractivity contribution < 1.29 is 24.3 Å². The summed E-state index contributed by atoms with van der Waals surface area (Å²) in [7, 11) is 0. The average molecular weight is 370 g/mol. The Hall–Kier alpha value is -3.06. The van der Waals surface area contributed by atoms with Crippen molar-refractivity contribution in [3.05, 3.63) is 59.7 Å². The van der Waals surface area contributed by atoms with E-state index in [4.69, 9.17) is 14.7 Å². The first-order chi connectivity index (χ1) is 13.1. The molecule has 1 unspecified atom stereocenters. The molecule has 0 fully saturated rings. The number of carbonyl (C=O) groups is 2. The highest BCUT2D eigenvalue weighted by Crippen LogP contribution is 2.25. The molecule has 0 radical (unpaired) electrons. The van der Waals surface area contributed by atoms with E-state index in [-0.39, 0.29) is 11.5 Å². The number of ether oxygens (including phenoxy) is 2. The lowest BCUT2D eigenvalue weighted by Crippen LogP contribution is -2.42. The molecule has 2 aromatic carbocycles. The zero-order valence-electron chi connectivity index (χ0n) is 15.1. The number of carbonyl (C=O) groups excluding carboxylic acids is 2. The minimum Gasteiger partial charge on any atom is -0.491 e. The molecular formula is C20H22N2O5. The smallest absolute Gasteiger partial charge is 0.274 e. The summed E-state index contributed by atoms with van der Waals surface area (Å²) >= 11 is 0. The first-order valence-electron chi connectivity index (χ1n) is 8.83. The fourth-order valence-electron chi connectivity index (χ4n) is 2.94. The van der Waals surface area contributed by atoms with Crippen molar-refractivity contribution in [3.8, 4) is 11.5 Å². The van der Waals surface area contributed by atoms with Gasteiger partial charge in [0.1, 0.15) is 18.1 Å². The van der Waals surface area contributed by atoms with Gasteiger partial charge >= 0.3 is 0 Å². The molecule has 1 heterocycles. The Bertz CT molecular complexity index is 809. The van der Waals surface area contributed by atoms with E-state index in [0.29, 0.717) is 37.6 Å². The van der Waals surface area contributed by atoms with Crippen LogP contribution in [0.1, 0.15) is 29.3 Å². The van der Waals surface area contributed by atoms with Gasteiger partial charge in [-0.1, -0.05) is 31.2 Å². The molecule has 7 nitrogen and oxygen atoms in total. The van der Waals surface area contributed by atoms with Crippen LogP contribution in [-0.2, 0) is 11.3 Å². The van der Waals surface area contributed by atoms with Crippen LogP contribution in [0.4, 0.5) is 0 Å². The average Bonchev–Trinajstić information content (AvgIpc) is 2.93. The van der Waals surface area contributed by atoms with Gasteiger partial charge in [0.05, 0.1) is 6.54 Å². The van der Waals surface area contributed by atoms with Gasteiger partial charge in [-0.3, -0.25) is 14.8 Å². The van der Waals surface area contributed by atoms with E-state index < -0.39 is 12.0 Å². The number of nitrogens with zero attached hydrogens (tertiary/aromatic N) is 1. The van der Waals surface area contributed by atoms with Crippen LogP contribution in [0.15, 0.2) is 48.5 Å². The van der Waals surface area contributed by atoms with Crippen molar-refractivity contribution in [1.29, 1.82) is 0 Å². The highest BCUT2D eigenvalue weighted by molar-refractivity contribution is 5.93. The van der Waals surface area contributed by atoms with Crippen molar-refractivity contribution in [2.45, 2.75) is 26.0 Å². The van der Waals surface area contributed by atoms with Crippen LogP contribution in [0.25, 0.3) is 0 Å². The van der Waals surface area contributed by atoms with Gasteiger partial charge in [-0.05, 0) is 30.7 Å². The molecule has 1 atom stereocenters. The van der Waals surface area contributed by atoms with E-state index in [1.54, 1.807) is 28.6 Å². The van der Waals surface area contributed by atoms with Gasteiger partial charge in [0.25, 0.3) is 11.8 Å². The summed E-state index contributed by atoms with van der Waals surface area (Å²) in [4.78, 5) is 26.2. The number of amides is 2. The fourth-order valence-corrected chi connectivity index (χ4v) is 2.94. The molecule has 1 aliphatic heterocycles. The maximum Gasteiger partial charge on any atom is 0.274 e. The number of rotatable bonds is 5. The summed E-state index contributed by atoms with van der Waals surface area (Å²) in [5.41, 5.74) is 2.68. The number of hydrogen-bond donors (Lipinski definition) is 2. The number of fused-ring (bicyclic) bond motifs is 1. The summed E-state index contributed by atoms with van der Waals surface area (Å²) in [5, 5.41) is 8.76. The Balaban J connectivity index is 1.75. The standard InChI is InChI=1S/C20H22N2O5/c1-2-17(27-16-6-4-3-5-7-16)20(24)22-10-11-26-18-12-14(19(23)21-25)8-9-15(18)13-22/h3-9,12,17,25H,2,10-11,13H2,1H3,(H,21,23). The van der Waals surface area contributed by atoms with Crippen molar-refractivity contribution in [1.82, 2.24) is 10.4 Å². The molecule has 2 N–H and O–H groups in total. The Kier molecular flexibility index (Phi) is 5.93. The van der Waals surface area contributed by atoms with Gasteiger partial charge < -0.3 is 14.4 Å². The molecule has 27 heavy (non-hydrogen) atoms. The Morgan fingerprint density at radius 1 is 1.26 bits per heavy atom. The molecule has 142 valence electrons. The minimum absolute atomic E-state index is 0.102. The van der Waals surface area contributed by atoms with E-state index >= 15 is 0 Å². The van der Waals surface area contributed by atoms with Crippen LogP contribution in [-0.4, -0.2) is 41.2 Å². The second-order valence-corrected chi connectivity index (χ2v) is 6.20. The highest BCUT2D eigenvalue weighted by atomic mass is 16.5. The summed E-state index contributed by atoms with van der Waals surface area (Å²) in [5.74, 6) is 0.475. The largest absolute Gasteiger partial charge is 0.491 e. The quantitative estimate of drug-likeness (QED) is 0.623. The van der Waals surface area contributed by atoms with E-state index in [1.165, 1.54) is 0 Å². The van der Waals surface area contributed by atoms with Crippen LogP contribution in [0.5, 0.6) is 11.5 Å². The highest BCUT2D eigenvalue weighted by Gasteiger charge is 2.27. The fraction of sp³-hybridized carbons (Fsp3) is 0.300. The molecule has 0 aromatic heterocycles. The van der Waals surface area contributed by atoms with Crippen LogP contribution in [0.2, 0.25) is 0 Å². The third-order valence-corrected chi connectivity index (χ3v) is 4.39. The summed E-state index contributed by atoms with van der Waals surface area (Å²) in [6, 6.07) is 14.1. The van der Waals surface area contributed by atoms with Crippen LogP contribution < -0.4 is 15.0 Å². The Morgan fingerprint density at radius 3 is 2.74 bits per heavy atom. The zero-order chi connectivity index (χ0) is 19.2. The summed E-state index contributed by atoms with van der Waals surface area (Å²) < 4.78 is 11.6. The number of hydroxylamine groups is 1. The van der Waals surface area contributed by atoms with Crippen LogP contribution >= 0.6 is 0 Å². The second kappa shape index (κ2) is 8.55. The number of nitrogens with one attached hydrogen (secondary N) is 1. The van der Waals surface area contributed by atoms with E-state index in [9.17, 15) is 9.59 Å². The van der Waals surface area contributed by atoms with Crippen molar-refractivity contribution in [3.63, 3.8) is 0 Å². The SMILES string of the molecule is CCC(Oc1ccccc1)C(=O)N1CCOc2cc(C(=O)NO)ccc2C1. The van der Waals surface area contributed by atoms with E-state index in [1.807, 2.05) is 37.3 Å². The van der Waals surface area contributed by atoms with Crippen molar-refractivity contribution in [2.24, 2.45) is 0 Å². The van der Waals surface area contributed by atoms with Gasteiger partial charge in [0.2, 0.25) is 0 Å². The van der Waals surface area contributed by atoms with Gasteiger partial charge in [-0.2, -0.15) is 0 Å². The lowest BCUT2D eigenvalue weighted by Gasteiger charge is -2.25. The first kappa shape index (κ1) is 18.7. The van der Waals surface area contributed by atoms with Gasteiger partial charge in [0, 0.05) is 17.7 Å². The molecular weight excluding hydrogens is 348 g/mol. The Labute approximate surface area is 157 Å². The minimum atomic E-state index is -0.610. The third-order valence-electron chi connectivity index (χ3n) is 4.39. The van der Waals surface area contributed by atoms with E-state index in [0.717, 1.165) is 5.56 Å². The molecule has 0 spiro atoms. The normalized spacial score (nSPS) is 14.4. The topological polar surface area (TPSA) is 88.1 Å². The third kappa shape index (κ3) is 4.38. The van der Waals surface area contributed by atoms with Crippen LogP contribution in [0.3, 0.4) is 0 Å². The summed E-state index contributed by atoms with van der Waals surface area (Å²) in [6.07, 6.45) is -0.0264. The maximum atomic E-state index is 13.0. The molecule has 2 amide bonds. The molecule has 0 bridgehead atoms. The van der Waals surface area contributed by atoms with Gasteiger partial charge in [-0.25, -0.2) is 5.48 Å². The molecule has 1 aliphatic rings. The lowest BCUT2D eigenvalue weighted by molar-refractivity contribution is -0.139. The molecule has 0 aliphatic carbocycles. The van der Waals surface area contributed by atoms with Crippen molar-refractivity contribution in [2.75, 3.05) is 13.2 Å². The van der Waals surface area contributed by atoms with Crippen LogP contribution in [0, 0.1) is 0 Å². The monoisotopic (exact) mass is 370 g/mol. The number of para-hydroxylation sites is 1. The lowest BCUT2D eigenvalue weighted by atomic mass is 10.1. The zero-order valence-corrected chi connectivity index (χ0v) is 15.1. The second-order valence-electron chi connectivity index (χ2n) is 6.20. The predicted molar refractivity (Wildman–Crippen MR) is 97.8 cm³/mol. The first-order valence-corrected chi connectivity index (χ1v) is 8.83. The number of benzene rings is 2.